The van der Waals surface area contributed by atoms with Gasteiger partial charge in [-0.15, -0.1) is 11.6 Å². The molecule has 2 bridgehead atoms. The van der Waals surface area contributed by atoms with Crippen LogP contribution in [-0.2, 0) is 9.59 Å². The number of carboxylic acid groups (broad SMARTS) is 1. The van der Waals surface area contributed by atoms with E-state index in [0.29, 0.717) is 12.8 Å². The van der Waals surface area contributed by atoms with Gasteiger partial charge in [0.05, 0.1) is 5.92 Å². The summed E-state index contributed by atoms with van der Waals surface area (Å²) in [5.41, 5.74) is 0. The van der Waals surface area contributed by atoms with Crippen LogP contribution in [0.15, 0.2) is 0 Å². The molecule has 0 heterocycles. The fourth-order valence-electron chi connectivity index (χ4n) is 2.41. The Morgan fingerprint density at radius 1 is 1.58 bits per heavy atom. The summed E-state index contributed by atoms with van der Waals surface area (Å²) in [6.45, 7) is 0. The molecule has 2 aliphatic carbocycles. The van der Waals surface area contributed by atoms with Gasteiger partial charge in [0.2, 0.25) is 0 Å². The van der Waals surface area contributed by atoms with E-state index in [1.807, 2.05) is 0 Å². The number of carbonyl (C=O) groups is 2. The highest BCUT2D eigenvalue weighted by molar-refractivity contribution is 6.22. The second-order valence-electron chi connectivity index (χ2n) is 3.56. The molecule has 0 aromatic heterocycles. The van der Waals surface area contributed by atoms with E-state index in [-0.39, 0.29) is 23.0 Å². The SMILES string of the molecule is O=C(O)[C@H]1[C@H]2CC(=O)[C@H]1C[C@@H]2Cl. The largest absolute Gasteiger partial charge is 0.481 e. The number of rotatable bonds is 1. The minimum absolute atomic E-state index is 0.0873. The van der Waals surface area contributed by atoms with Crippen LogP contribution in [0.3, 0.4) is 0 Å². The van der Waals surface area contributed by atoms with Gasteiger partial charge in [0.15, 0.2) is 0 Å². The molecule has 2 rings (SSSR count). The molecule has 0 aliphatic heterocycles. The predicted molar refractivity (Wildman–Crippen MR) is 42.0 cm³/mol. The minimum atomic E-state index is -0.862. The van der Waals surface area contributed by atoms with Crippen LogP contribution in [0.2, 0.25) is 0 Å². The zero-order valence-corrected chi connectivity index (χ0v) is 7.12. The van der Waals surface area contributed by atoms with Crippen molar-refractivity contribution in [3.8, 4) is 0 Å². The maximum Gasteiger partial charge on any atom is 0.307 e. The van der Waals surface area contributed by atoms with Crippen molar-refractivity contribution in [2.45, 2.75) is 18.2 Å². The second kappa shape index (κ2) is 2.46. The topological polar surface area (TPSA) is 54.4 Å². The van der Waals surface area contributed by atoms with Crippen molar-refractivity contribution in [2.24, 2.45) is 17.8 Å². The fourth-order valence-corrected chi connectivity index (χ4v) is 2.85. The zero-order chi connectivity index (χ0) is 8.88. The molecule has 2 aliphatic rings. The van der Waals surface area contributed by atoms with Gasteiger partial charge < -0.3 is 5.11 Å². The molecule has 0 saturated heterocycles. The number of Topliss-reactive ketones (excluding diaryl/α,β-unsaturated/α-hetero) is 1. The Labute approximate surface area is 74.7 Å². The monoisotopic (exact) mass is 188 g/mol. The first kappa shape index (κ1) is 8.05. The van der Waals surface area contributed by atoms with Gasteiger partial charge in [0, 0.05) is 17.7 Å². The Balaban J connectivity index is 2.28. The van der Waals surface area contributed by atoms with Gasteiger partial charge in [-0.3, -0.25) is 9.59 Å². The third kappa shape index (κ3) is 0.891. The van der Waals surface area contributed by atoms with Crippen molar-refractivity contribution < 1.29 is 14.7 Å². The Morgan fingerprint density at radius 3 is 2.58 bits per heavy atom. The lowest BCUT2D eigenvalue weighted by molar-refractivity contribution is -0.144. The number of ketones is 1. The van der Waals surface area contributed by atoms with Crippen molar-refractivity contribution >= 4 is 23.4 Å². The summed E-state index contributed by atoms with van der Waals surface area (Å²) in [7, 11) is 0. The number of carboxylic acids is 1. The highest BCUT2D eigenvalue weighted by Gasteiger charge is 2.55. The molecule has 0 aromatic carbocycles. The smallest absolute Gasteiger partial charge is 0.307 e. The summed E-state index contributed by atoms with van der Waals surface area (Å²) in [5, 5.41) is 8.72. The molecular weight excluding hydrogens is 180 g/mol. The van der Waals surface area contributed by atoms with Gasteiger partial charge in [0.25, 0.3) is 0 Å². The van der Waals surface area contributed by atoms with Crippen LogP contribution in [-0.4, -0.2) is 22.2 Å². The van der Waals surface area contributed by atoms with E-state index >= 15 is 0 Å². The van der Waals surface area contributed by atoms with Gasteiger partial charge in [-0.05, 0) is 12.3 Å². The average molecular weight is 189 g/mol. The second-order valence-corrected chi connectivity index (χ2v) is 4.12. The lowest BCUT2D eigenvalue weighted by Gasteiger charge is -2.12. The van der Waals surface area contributed by atoms with Crippen LogP contribution < -0.4 is 0 Å². The highest BCUT2D eigenvalue weighted by atomic mass is 35.5. The first-order chi connectivity index (χ1) is 5.61. The number of halogens is 1. The molecule has 66 valence electrons. The first-order valence-corrected chi connectivity index (χ1v) is 4.44. The normalized spacial score (nSPS) is 45.2. The molecule has 12 heavy (non-hydrogen) atoms. The maximum absolute atomic E-state index is 11.2. The number of alkyl halides is 1. The van der Waals surface area contributed by atoms with E-state index in [2.05, 4.69) is 0 Å². The molecule has 0 spiro atoms. The van der Waals surface area contributed by atoms with E-state index in [0.717, 1.165) is 0 Å². The molecule has 3 nitrogen and oxygen atoms in total. The standard InChI is InChI=1S/C8H9ClO3/c9-5-1-4-6(10)2-3(5)7(4)8(11)12/h3-5,7H,1-2H2,(H,11,12)/t3-,4+,5-,7-/m0/s1. The number of fused-ring (bicyclic) bond motifs is 2. The number of hydrogen-bond acceptors (Lipinski definition) is 2. The summed E-state index contributed by atoms with van der Waals surface area (Å²) < 4.78 is 0. The van der Waals surface area contributed by atoms with Gasteiger partial charge in [-0.25, -0.2) is 0 Å². The average Bonchev–Trinajstić information content (AvgIpc) is 2.41. The third-order valence-electron chi connectivity index (χ3n) is 2.97. The summed E-state index contributed by atoms with van der Waals surface area (Å²) in [6, 6.07) is 0. The zero-order valence-electron chi connectivity index (χ0n) is 6.37. The number of carbonyl (C=O) groups excluding carboxylic acids is 1. The Morgan fingerprint density at radius 2 is 2.25 bits per heavy atom. The van der Waals surface area contributed by atoms with E-state index in [1.54, 1.807) is 0 Å². The van der Waals surface area contributed by atoms with Crippen molar-refractivity contribution in [1.82, 2.24) is 0 Å². The fraction of sp³-hybridized carbons (Fsp3) is 0.750. The molecular formula is C8H9ClO3. The van der Waals surface area contributed by atoms with Crippen LogP contribution in [0.4, 0.5) is 0 Å². The van der Waals surface area contributed by atoms with Crippen molar-refractivity contribution in [2.75, 3.05) is 0 Å². The number of hydrogen-bond donors (Lipinski definition) is 1. The van der Waals surface area contributed by atoms with E-state index in [4.69, 9.17) is 16.7 Å². The van der Waals surface area contributed by atoms with Gasteiger partial charge in [-0.1, -0.05) is 0 Å². The quantitative estimate of drug-likeness (QED) is 0.623. The van der Waals surface area contributed by atoms with Crippen molar-refractivity contribution in [3.05, 3.63) is 0 Å². The van der Waals surface area contributed by atoms with Crippen LogP contribution in [0, 0.1) is 17.8 Å². The summed E-state index contributed by atoms with van der Waals surface area (Å²) in [6.07, 6.45) is 0.928. The van der Waals surface area contributed by atoms with Gasteiger partial charge in [-0.2, -0.15) is 0 Å². The summed E-state index contributed by atoms with van der Waals surface area (Å²) in [4.78, 5) is 21.9. The van der Waals surface area contributed by atoms with E-state index < -0.39 is 11.9 Å². The number of aliphatic carboxylic acids is 1. The van der Waals surface area contributed by atoms with Crippen molar-refractivity contribution in [3.63, 3.8) is 0 Å². The minimum Gasteiger partial charge on any atom is -0.481 e. The summed E-state index contributed by atoms with van der Waals surface area (Å²) in [5.74, 6) is -1.68. The molecule has 2 fully saturated rings. The van der Waals surface area contributed by atoms with Crippen LogP contribution in [0.1, 0.15) is 12.8 Å². The van der Waals surface area contributed by atoms with Gasteiger partial charge in [0.1, 0.15) is 5.78 Å². The van der Waals surface area contributed by atoms with Crippen LogP contribution in [0.5, 0.6) is 0 Å². The Kier molecular flexibility index (Phi) is 1.65. The van der Waals surface area contributed by atoms with E-state index in [1.165, 1.54) is 0 Å². The Hall–Kier alpha value is -0.570. The molecule has 0 unspecified atom stereocenters. The lowest BCUT2D eigenvalue weighted by Crippen LogP contribution is -2.20. The van der Waals surface area contributed by atoms with Crippen LogP contribution >= 0.6 is 11.6 Å². The van der Waals surface area contributed by atoms with Crippen molar-refractivity contribution in [1.29, 1.82) is 0 Å². The molecule has 0 aromatic rings. The molecule has 2 saturated carbocycles. The maximum atomic E-state index is 11.2. The first-order valence-electron chi connectivity index (χ1n) is 4.01. The highest BCUT2D eigenvalue weighted by Crippen LogP contribution is 2.49. The molecule has 4 heteroatoms. The third-order valence-corrected chi connectivity index (χ3v) is 3.48. The summed E-state index contributed by atoms with van der Waals surface area (Å²) >= 11 is 5.90. The molecule has 4 atom stereocenters. The lowest BCUT2D eigenvalue weighted by atomic mass is 9.98. The van der Waals surface area contributed by atoms with Crippen LogP contribution in [0.25, 0.3) is 0 Å². The molecule has 0 amide bonds. The van der Waals surface area contributed by atoms with E-state index in [9.17, 15) is 9.59 Å². The predicted octanol–water partition coefficient (Wildman–Crippen LogP) is 0.904. The van der Waals surface area contributed by atoms with Gasteiger partial charge >= 0.3 is 5.97 Å². The Bertz CT molecular complexity index is 251. The molecule has 1 N–H and O–H groups in total. The molecule has 0 radical (unpaired) electrons.